The van der Waals surface area contributed by atoms with Gasteiger partial charge in [-0.05, 0) is 49.4 Å². The van der Waals surface area contributed by atoms with E-state index in [1.54, 1.807) is 0 Å². The highest BCUT2D eigenvalue weighted by atomic mass is 16.5. The Hall–Kier alpha value is -2.73. The van der Waals surface area contributed by atoms with Crippen LogP contribution in [0.15, 0.2) is 48.5 Å². The minimum Gasteiger partial charge on any atom is -0.494 e. The highest BCUT2D eigenvalue weighted by molar-refractivity contribution is 5.93. The van der Waals surface area contributed by atoms with Crippen molar-refractivity contribution in [2.24, 2.45) is 5.92 Å². The van der Waals surface area contributed by atoms with Crippen LogP contribution in [0, 0.1) is 5.92 Å². The summed E-state index contributed by atoms with van der Waals surface area (Å²) in [5, 5.41) is 6.04. The van der Waals surface area contributed by atoms with E-state index >= 15 is 0 Å². The molecule has 0 spiro atoms. The van der Waals surface area contributed by atoms with E-state index in [1.807, 2.05) is 48.5 Å². The average molecular weight is 413 g/mol. The van der Waals surface area contributed by atoms with Crippen LogP contribution in [-0.2, 0) is 9.53 Å². The van der Waals surface area contributed by atoms with E-state index in [2.05, 4.69) is 24.5 Å². The van der Waals surface area contributed by atoms with Gasteiger partial charge in [-0.15, -0.1) is 0 Å². The van der Waals surface area contributed by atoms with Crippen molar-refractivity contribution >= 4 is 17.3 Å². The maximum absolute atomic E-state index is 12.3. The summed E-state index contributed by atoms with van der Waals surface area (Å²) >= 11 is 0. The van der Waals surface area contributed by atoms with Gasteiger partial charge in [-0.3, -0.25) is 4.79 Å². The zero-order chi connectivity index (χ0) is 21.2. The zero-order valence-corrected chi connectivity index (χ0v) is 17.9. The van der Waals surface area contributed by atoms with Crippen LogP contribution in [-0.4, -0.2) is 38.4 Å². The first kappa shape index (κ1) is 22.0. The Labute approximate surface area is 178 Å². The van der Waals surface area contributed by atoms with Gasteiger partial charge in [-0.1, -0.05) is 26.0 Å². The molecular formula is C24H32N2O4. The fourth-order valence-electron chi connectivity index (χ4n) is 3.12. The Morgan fingerprint density at radius 1 is 1.10 bits per heavy atom. The molecule has 0 aliphatic carbocycles. The van der Waals surface area contributed by atoms with Crippen molar-refractivity contribution in [2.45, 2.75) is 39.2 Å². The molecule has 1 atom stereocenters. The summed E-state index contributed by atoms with van der Waals surface area (Å²) in [6, 6.07) is 15.1. The van der Waals surface area contributed by atoms with Crippen LogP contribution < -0.4 is 20.1 Å². The van der Waals surface area contributed by atoms with Gasteiger partial charge in [0.2, 0.25) is 5.91 Å². The monoisotopic (exact) mass is 412 g/mol. The molecule has 1 aliphatic rings. The molecule has 1 amide bonds. The molecule has 6 heteroatoms. The van der Waals surface area contributed by atoms with E-state index in [0.29, 0.717) is 24.8 Å². The normalized spacial score (nSPS) is 15.8. The number of rotatable bonds is 11. The van der Waals surface area contributed by atoms with Crippen molar-refractivity contribution in [1.82, 2.24) is 0 Å². The molecule has 0 aromatic heterocycles. The zero-order valence-electron chi connectivity index (χ0n) is 17.9. The second-order valence-corrected chi connectivity index (χ2v) is 7.93. The number of benzene rings is 2. The third-order valence-corrected chi connectivity index (χ3v) is 4.83. The summed E-state index contributed by atoms with van der Waals surface area (Å²) in [7, 11) is 0. The topological polar surface area (TPSA) is 68.8 Å². The number of hydrogen-bond donors (Lipinski definition) is 2. The van der Waals surface area contributed by atoms with E-state index in [-0.39, 0.29) is 18.6 Å². The standard InChI is InChI=1S/C24H32N2O4/c1-18(2)11-13-29-21-8-3-6-19(14-21)25-16-24(27)26-20-7-4-9-22(15-20)30-17-23-10-5-12-28-23/h3-4,6-9,14-15,18,23,25H,5,10-13,16-17H2,1-2H3,(H,26,27). The van der Waals surface area contributed by atoms with Crippen LogP contribution in [0.5, 0.6) is 11.5 Å². The van der Waals surface area contributed by atoms with Gasteiger partial charge in [0.1, 0.15) is 18.1 Å². The van der Waals surface area contributed by atoms with Crippen molar-refractivity contribution in [3.05, 3.63) is 48.5 Å². The molecule has 30 heavy (non-hydrogen) atoms. The predicted octanol–water partition coefficient (Wildman–Crippen LogP) is 4.72. The molecule has 6 nitrogen and oxygen atoms in total. The highest BCUT2D eigenvalue weighted by Gasteiger charge is 2.16. The Morgan fingerprint density at radius 3 is 2.57 bits per heavy atom. The fraction of sp³-hybridized carbons (Fsp3) is 0.458. The number of hydrogen-bond acceptors (Lipinski definition) is 5. The molecule has 1 saturated heterocycles. The van der Waals surface area contributed by atoms with E-state index < -0.39 is 0 Å². The lowest BCUT2D eigenvalue weighted by atomic mass is 10.1. The molecule has 0 bridgehead atoms. The van der Waals surface area contributed by atoms with Crippen molar-refractivity contribution in [3.63, 3.8) is 0 Å². The molecule has 1 fully saturated rings. The molecule has 1 aliphatic heterocycles. The number of carbonyl (C=O) groups excluding carboxylic acids is 1. The molecule has 0 radical (unpaired) electrons. The number of carbonyl (C=O) groups is 1. The van der Waals surface area contributed by atoms with Gasteiger partial charge in [-0.2, -0.15) is 0 Å². The number of anilines is 2. The molecule has 2 aromatic rings. The summed E-state index contributed by atoms with van der Waals surface area (Å²) in [6.45, 7) is 6.54. The van der Waals surface area contributed by atoms with Crippen LogP contribution in [0.25, 0.3) is 0 Å². The molecule has 3 rings (SSSR count). The van der Waals surface area contributed by atoms with Gasteiger partial charge in [-0.25, -0.2) is 0 Å². The second kappa shape index (κ2) is 11.5. The average Bonchev–Trinajstić information content (AvgIpc) is 3.25. The predicted molar refractivity (Wildman–Crippen MR) is 119 cm³/mol. The maximum Gasteiger partial charge on any atom is 0.243 e. The lowest BCUT2D eigenvalue weighted by Gasteiger charge is -2.13. The first-order valence-electron chi connectivity index (χ1n) is 10.7. The van der Waals surface area contributed by atoms with E-state index in [9.17, 15) is 4.79 Å². The molecular weight excluding hydrogens is 380 g/mol. The molecule has 2 N–H and O–H groups in total. The van der Waals surface area contributed by atoms with Gasteiger partial charge >= 0.3 is 0 Å². The molecule has 1 heterocycles. The molecule has 1 unspecified atom stereocenters. The van der Waals surface area contributed by atoms with Gasteiger partial charge < -0.3 is 24.8 Å². The summed E-state index contributed by atoms with van der Waals surface area (Å²) in [6.07, 6.45) is 3.30. The Morgan fingerprint density at radius 2 is 1.83 bits per heavy atom. The SMILES string of the molecule is CC(C)CCOc1cccc(NCC(=O)Nc2cccc(OCC3CCCO3)c2)c1. The van der Waals surface area contributed by atoms with Crippen LogP contribution in [0.1, 0.15) is 33.1 Å². The van der Waals surface area contributed by atoms with E-state index in [1.165, 1.54) is 0 Å². The largest absolute Gasteiger partial charge is 0.494 e. The van der Waals surface area contributed by atoms with Gasteiger partial charge in [0.15, 0.2) is 0 Å². The highest BCUT2D eigenvalue weighted by Crippen LogP contribution is 2.20. The van der Waals surface area contributed by atoms with Crippen LogP contribution in [0.4, 0.5) is 11.4 Å². The third kappa shape index (κ3) is 7.59. The fourth-order valence-corrected chi connectivity index (χ4v) is 3.12. The van der Waals surface area contributed by atoms with E-state index in [4.69, 9.17) is 14.2 Å². The van der Waals surface area contributed by atoms with E-state index in [0.717, 1.165) is 43.1 Å². The van der Waals surface area contributed by atoms with Crippen LogP contribution >= 0.6 is 0 Å². The maximum atomic E-state index is 12.3. The van der Waals surface area contributed by atoms with Gasteiger partial charge in [0, 0.05) is 30.1 Å². The summed E-state index contributed by atoms with van der Waals surface area (Å²) < 4.78 is 17.1. The summed E-state index contributed by atoms with van der Waals surface area (Å²) in [5.74, 6) is 2.01. The van der Waals surface area contributed by atoms with Gasteiger partial charge in [0.05, 0.1) is 19.3 Å². The van der Waals surface area contributed by atoms with Gasteiger partial charge in [0.25, 0.3) is 0 Å². The number of nitrogens with one attached hydrogen (secondary N) is 2. The Bertz CT molecular complexity index is 803. The Balaban J connectivity index is 1.43. The van der Waals surface area contributed by atoms with Crippen molar-refractivity contribution in [1.29, 1.82) is 0 Å². The lowest BCUT2D eigenvalue weighted by Crippen LogP contribution is -2.21. The summed E-state index contributed by atoms with van der Waals surface area (Å²) in [5.41, 5.74) is 1.55. The first-order chi connectivity index (χ1) is 14.6. The Kier molecular flexibility index (Phi) is 8.39. The first-order valence-corrected chi connectivity index (χ1v) is 10.7. The van der Waals surface area contributed by atoms with Crippen LogP contribution in [0.2, 0.25) is 0 Å². The van der Waals surface area contributed by atoms with Crippen molar-refractivity contribution in [3.8, 4) is 11.5 Å². The minimum absolute atomic E-state index is 0.127. The molecule has 0 saturated carbocycles. The smallest absolute Gasteiger partial charge is 0.243 e. The summed E-state index contributed by atoms with van der Waals surface area (Å²) in [4.78, 5) is 12.3. The minimum atomic E-state index is -0.127. The van der Waals surface area contributed by atoms with Crippen LogP contribution in [0.3, 0.4) is 0 Å². The van der Waals surface area contributed by atoms with Crippen molar-refractivity contribution < 1.29 is 19.0 Å². The number of amides is 1. The van der Waals surface area contributed by atoms with Crippen molar-refractivity contribution in [2.75, 3.05) is 37.0 Å². The third-order valence-electron chi connectivity index (χ3n) is 4.83. The second-order valence-electron chi connectivity index (χ2n) is 7.93. The molecule has 2 aromatic carbocycles. The number of ether oxygens (including phenoxy) is 3. The molecule has 162 valence electrons. The quantitative estimate of drug-likeness (QED) is 0.559. The lowest BCUT2D eigenvalue weighted by molar-refractivity contribution is -0.114.